The number of benzene rings is 1. The SMILES string of the molecule is Cc1cc(F)ccc1S(=O)(=O)C(C)CC(=O)O. The second-order valence-electron chi connectivity index (χ2n) is 3.86. The van der Waals surface area contributed by atoms with Gasteiger partial charge >= 0.3 is 5.97 Å². The van der Waals surface area contributed by atoms with Crippen LogP contribution in [-0.2, 0) is 14.6 Å². The monoisotopic (exact) mass is 260 g/mol. The van der Waals surface area contributed by atoms with Gasteiger partial charge in [-0.1, -0.05) is 0 Å². The fraction of sp³-hybridized carbons (Fsp3) is 0.364. The zero-order valence-electron chi connectivity index (χ0n) is 9.47. The van der Waals surface area contributed by atoms with Crippen LogP contribution in [0.1, 0.15) is 18.9 Å². The summed E-state index contributed by atoms with van der Waals surface area (Å²) in [5.41, 5.74) is 0.280. The Morgan fingerprint density at radius 3 is 2.53 bits per heavy atom. The third-order valence-electron chi connectivity index (χ3n) is 2.44. The van der Waals surface area contributed by atoms with Crippen LogP contribution in [0.4, 0.5) is 4.39 Å². The first kappa shape index (κ1) is 13.6. The Labute approximate surface area is 99.0 Å². The molecule has 0 spiro atoms. The first-order chi connectivity index (χ1) is 7.75. The molecule has 0 fully saturated rings. The van der Waals surface area contributed by atoms with Crippen LogP contribution < -0.4 is 0 Å². The largest absolute Gasteiger partial charge is 0.481 e. The molecular formula is C11H13FO4S. The molecule has 1 aromatic rings. The minimum atomic E-state index is -3.73. The van der Waals surface area contributed by atoms with Crippen LogP contribution in [0.5, 0.6) is 0 Å². The molecule has 0 bridgehead atoms. The van der Waals surface area contributed by atoms with Gasteiger partial charge in [0.1, 0.15) is 5.82 Å². The molecule has 1 rings (SSSR count). The van der Waals surface area contributed by atoms with Crippen molar-refractivity contribution in [2.24, 2.45) is 0 Å². The van der Waals surface area contributed by atoms with E-state index >= 15 is 0 Å². The number of aliphatic carboxylic acids is 1. The number of halogens is 1. The Morgan fingerprint density at radius 1 is 1.47 bits per heavy atom. The second kappa shape index (κ2) is 4.83. The van der Waals surface area contributed by atoms with Gasteiger partial charge in [0, 0.05) is 0 Å². The van der Waals surface area contributed by atoms with Crippen molar-refractivity contribution >= 4 is 15.8 Å². The molecule has 0 saturated carbocycles. The van der Waals surface area contributed by atoms with Gasteiger partial charge in [0.25, 0.3) is 0 Å². The summed E-state index contributed by atoms with van der Waals surface area (Å²) in [4.78, 5) is 10.5. The van der Waals surface area contributed by atoms with Gasteiger partial charge in [-0.2, -0.15) is 0 Å². The smallest absolute Gasteiger partial charge is 0.304 e. The summed E-state index contributed by atoms with van der Waals surface area (Å²) < 4.78 is 36.9. The van der Waals surface area contributed by atoms with Crippen molar-refractivity contribution in [3.8, 4) is 0 Å². The summed E-state index contributed by atoms with van der Waals surface area (Å²) in [6.07, 6.45) is -0.473. The van der Waals surface area contributed by atoms with Crippen LogP contribution >= 0.6 is 0 Å². The molecule has 0 radical (unpaired) electrons. The summed E-state index contributed by atoms with van der Waals surface area (Å²) in [7, 11) is -3.73. The molecule has 6 heteroatoms. The van der Waals surface area contributed by atoms with Gasteiger partial charge in [-0.25, -0.2) is 12.8 Å². The minimum Gasteiger partial charge on any atom is -0.481 e. The maximum Gasteiger partial charge on any atom is 0.304 e. The molecule has 0 heterocycles. The van der Waals surface area contributed by atoms with E-state index in [-0.39, 0.29) is 10.5 Å². The quantitative estimate of drug-likeness (QED) is 0.837. The van der Waals surface area contributed by atoms with E-state index in [1.165, 1.54) is 19.9 Å². The van der Waals surface area contributed by atoms with Crippen LogP contribution in [-0.4, -0.2) is 24.7 Å². The van der Waals surface area contributed by atoms with Gasteiger partial charge in [0.15, 0.2) is 9.84 Å². The molecule has 0 aliphatic rings. The van der Waals surface area contributed by atoms with Crippen LogP contribution in [0.15, 0.2) is 23.1 Å². The predicted molar refractivity (Wildman–Crippen MR) is 60.0 cm³/mol. The number of aryl methyl sites for hydroxylation is 1. The number of carboxylic acids is 1. The van der Waals surface area contributed by atoms with E-state index in [1.54, 1.807) is 0 Å². The van der Waals surface area contributed by atoms with E-state index in [0.29, 0.717) is 0 Å². The van der Waals surface area contributed by atoms with Crippen LogP contribution in [0.25, 0.3) is 0 Å². The van der Waals surface area contributed by atoms with E-state index < -0.39 is 33.3 Å². The van der Waals surface area contributed by atoms with E-state index in [2.05, 4.69) is 0 Å². The second-order valence-corrected chi connectivity index (χ2v) is 6.20. The molecule has 1 atom stereocenters. The Morgan fingerprint density at radius 2 is 2.06 bits per heavy atom. The average Bonchev–Trinajstić information content (AvgIpc) is 2.15. The lowest BCUT2D eigenvalue weighted by molar-refractivity contribution is -0.136. The van der Waals surface area contributed by atoms with Gasteiger partial charge in [0.05, 0.1) is 16.6 Å². The molecule has 0 amide bonds. The van der Waals surface area contributed by atoms with E-state index in [9.17, 15) is 17.6 Å². The van der Waals surface area contributed by atoms with E-state index in [1.807, 2.05) is 0 Å². The molecule has 1 unspecified atom stereocenters. The third kappa shape index (κ3) is 3.03. The standard InChI is InChI=1S/C11H13FO4S/c1-7-5-9(12)3-4-10(7)17(15,16)8(2)6-11(13)14/h3-5,8H,6H2,1-2H3,(H,13,14). The zero-order valence-corrected chi connectivity index (χ0v) is 10.3. The molecule has 4 nitrogen and oxygen atoms in total. The number of carboxylic acid groups (broad SMARTS) is 1. The molecule has 0 saturated heterocycles. The lowest BCUT2D eigenvalue weighted by Crippen LogP contribution is -2.22. The van der Waals surface area contributed by atoms with E-state index in [4.69, 9.17) is 5.11 Å². The van der Waals surface area contributed by atoms with Gasteiger partial charge in [-0.15, -0.1) is 0 Å². The maximum absolute atomic E-state index is 12.9. The Bertz CT molecular complexity index is 536. The zero-order chi connectivity index (χ0) is 13.2. The summed E-state index contributed by atoms with van der Waals surface area (Å²) in [5.74, 6) is -1.70. The van der Waals surface area contributed by atoms with Crippen molar-refractivity contribution in [3.05, 3.63) is 29.6 Å². The van der Waals surface area contributed by atoms with Crippen molar-refractivity contribution in [1.82, 2.24) is 0 Å². The van der Waals surface area contributed by atoms with Gasteiger partial charge in [-0.05, 0) is 37.6 Å². The molecule has 0 aliphatic heterocycles. The van der Waals surface area contributed by atoms with Gasteiger partial charge < -0.3 is 5.11 Å². The average molecular weight is 260 g/mol. The Balaban J connectivity index is 3.17. The fourth-order valence-electron chi connectivity index (χ4n) is 1.50. The molecule has 1 aromatic carbocycles. The highest BCUT2D eigenvalue weighted by Gasteiger charge is 2.26. The van der Waals surface area contributed by atoms with E-state index in [0.717, 1.165) is 12.1 Å². The first-order valence-electron chi connectivity index (χ1n) is 4.97. The van der Waals surface area contributed by atoms with Crippen LogP contribution in [0.2, 0.25) is 0 Å². The Hall–Kier alpha value is -1.43. The highest BCUT2D eigenvalue weighted by Crippen LogP contribution is 2.22. The number of carbonyl (C=O) groups is 1. The summed E-state index contributed by atoms with van der Waals surface area (Å²) in [5, 5.41) is 7.55. The summed E-state index contributed by atoms with van der Waals surface area (Å²) >= 11 is 0. The van der Waals surface area contributed by atoms with Crippen LogP contribution in [0.3, 0.4) is 0 Å². The summed E-state index contributed by atoms with van der Waals surface area (Å²) in [6, 6.07) is 3.33. The van der Waals surface area contributed by atoms with Gasteiger partial charge in [-0.3, -0.25) is 4.79 Å². The first-order valence-corrected chi connectivity index (χ1v) is 6.51. The lowest BCUT2D eigenvalue weighted by Gasteiger charge is -2.12. The van der Waals surface area contributed by atoms with Gasteiger partial charge in [0.2, 0.25) is 0 Å². The van der Waals surface area contributed by atoms with Crippen molar-refractivity contribution in [3.63, 3.8) is 0 Å². The molecular weight excluding hydrogens is 247 g/mol. The lowest BCUT2D eigenvalue weighted by atomic mass is 10.2. The van der Waals surface area contributed by atoms with Crippen molar-refractivity contribution in [2.45, 2.75) is 30.4 Å². The molecule has 0 aromatic heterocycles. The highest BCUT2D eigenvalue weighted by atomic mass is 32.2. The fourth-order valence-corrected chi connectivity index (χ4v) is 3.07. The van der Waals surface area contributed by atoms with Crippen molar-refractivity contribution in [1.29, 1.82) is 0 Å². The Kier molecular flexibility index (Phi) is 3.87. The van der Waals surface area contributed by atoms with Crippen molar-refractivity contribution < 1.29 is 22.7 Å². The normalized spacial score (nSPS) is 13.4. The molecule has 94 valence electrons. The molecule has 17 heavy (non-hydrogen) atoms. The van der Waals surface area contributed by atoms with Crippen LogP contribution in [0, 0.1) is 12.7 Å². The third-order valence-corrected chi connectivity index (χ3v) is 4.73. The number of rotatable bonds is 4. The summed E-state index contributed by atoms with van der Waals surface area (Å²) in [6.45, 7) is 2.80. The van der Waals surface area contributed by atoms with Crippen molar-refractivity contribution in [2.75, 3.05) is 0 Å². The minimum absolute atomic E-state index is 0.0207. The molecule has 0 aliphatic carbocycles. The highest BCUT2D eigenvalue weighted by molar-refractivity contribution is 7.92. The number of hydrogen-bond donors (Lipinski definition) is 1. The number of hydrogen-bond acceptors (Lipinski definition) is 3. The topological polar surface area (TPSA) is 71.4 Å². The maximum atomic E-state index is 12.9. The predicted octanol–water partition coefficient (Wildman–Crippen LogP) is 1.77. The number of sulfone groups is 1. The molecule has 1 N–H and O–H groups in total.